The Balaban J connectivity index is 0.00000280. The third-order valence-corrected chi connectivity index (χ3v) is 6.77. The Morgan fingerprint density at radius 2 is 1.79 bits per heavy atom. The zero-order valence-electron chi connectivity index (χ0n) is 15.7. The normalized spacial score (nSPS) is 15.2. The average molecular weight is 535 g/mol. The Kier molecular flexibility index (Phi) is 8.99. The van der Waals surface area contributed by atoms with E-state index in [0.29, 0.717) is 13.1 Å². The number of hydrogen-bond acceptors (Lipinski definition) is 5. The highest BCUT2D eigenvalue weighted by atomic mass is 127. The van der Waals surface area contributed by atoms with Crippen LogP contribution in [0.2, 0.25) is 0 Å². The Morgan fingerprint density at radius 1 is 1.07 bits per heavy atom. The Hall–Kier alpha value is -1.37. The van der Waals surface area contributed by atoms with Gasteiger partial charge in [-0.15, -0.1) is 35.3 Å². The molecule has 28 heavy (non-hydrogen) atoms. The van der Waals surface area contributed by atoms with Crippen LogP contribution in [0.25, 0.3) is 0 Å². The van der Waals surface area contributed by atoms with Crippen LogP contribution in [0.15, 0.2) is 57.7 Å². The monoisotopic (exact) mass is 535 g/mol. The smallest absolute Gasteiger partial charge is 0.240 e. The van der Waals surface area contributed by atoms with E-state index in [1.165, 1.54) is 5.00 Å². The number of sulfonamides is 1. The minimum Gasteiger partial charge on any atom is -0.360 e. The number of thiophene rings is 1. The molecule has 1 aromatic carbocycles. The van der Waals surface area contributed by atoms with Crippen molar-refractivity contribution in [2.45, 2.75) is 4.90 Å². The van der Waals surface area contributed by atoms with Crippen LogP contribution in [-0.4, -0.2) is 65.6 Å². The van der Waals surface area contributed by atoms with Gasteiger partial charge in [0.15, 0.2) is 5.96 Å². The molecule has 1 aliphatic rings. The maximum absolute atomic E-state index is 12.2. The highest BCUT2D eigenvalue weighted by molar-refractivity contribution is 14.0. The minimum absolute atomic E-state index is 0. The van der Waals surface area contributed by atoms with Crippen molar-refractivity contribution in [2.24, 2.45) is 4.99 Å². The number of hydrogen-bond donors (Lipinski definition) is 2. The van der Waals surface area contributed by atoms with Crippen molar-refractivity contribution in [3.8, 4) is 0 Å². The van der Waals surface area contributed by atoms with E-state index >= 15 is 0 Å². The molecular weight excluding hydrogens is 509 g/mol. The largest absolute Gasteiger partial charge is 0.360 e. The van der Waals surface area contributed by atoms with Crippen LogP contribution in [-0.2, 0) is 10.0 Å². The van der Waals surface area contributed by atoms with Crippen LogP contribution < -0.4 is 14.9 Å². The molecule has 7 nitrogen and oxygen atoms in total. The lowest BCUT2D eigenvalue weighted by molar-refractivity contribution is 0.374. The Bertz CT molecular complexity index is 836. The van der Waals surface area contributed by atoms with Crippen LogP contribution >= 0.6 is 35.3 Å². The van der Waals surface area contributed by atoms with Crippen LogP contribution in [0.3, 0.4) is 0 Å². The van der Waals surface area contributed by atoms with Gasteiger partial charge >= 0.3 is 0 Å². The van der Waals surface area contributed by atoms with Crippen molar-refractivity contribution in [3.63, 3.8) is 0 Å². The zero-order chi connectivity index (χ0) is 19.1. The van der Waals surface area contributed by atoms with E-state index in [-0.39, 0.29) is 28.9 Å². The number of nitrogens with zero attached hydrogens (tertiary/aromatic N) is 3. The molecule has 0 atom stereocenters. The predicted molar refractivity (Wildman–Crippen MR) is 127 cm³/mol. The highest BCUT2D eigenvalue weighted by Crippen LogP contribution is 2.22. The molecule has 1 saturated heterocycles. The molecule has 1 aromatic heterocycles. The third kappa shape index (κ3) is 6.06. The summed E-state index contributed by atoms with van der Waals surface area (Å²) in [5, 5.41) is 6.64. The Labute approximate surface area is 187 Å². The van der Waals surface area contributed by atoms with Gasteiger partial charge in [0, 0.05) is 46.3 Å². The molecule has 0 bridgehead atoms. The first-order chi connectivity index (χ1) is 13.1. The molecule has 2 heterocycles. The van der Waals surface area contributed by atoms with Crippen LogP contribution in [0.4, 0.5) is 5.00 Å². The summed E-state index contributed by atoms with van der Waals surface area (Å²) in [5.74, 6) is 0.805. The highest BCUT2D eigenvalue weighted by Gasteiger charge is 2.20. The van der Waals surface area contributed by atoms with Crippen LogP contribution in [0.1, 0.15) is 0 Å². The van der Waals surface area contributed by atoms with Gasteiger partial charge in [-0.3, -0.25) is 4.99 Å². The number of benzene rings is 1. The number of halogens is 1. The SMILES string of the molecule is CN=C(NCCNS(=O)(=O)c1ccccc1)N1CCN(c2cccs2)CC1.I. The third-order valence-electron chi connectivity index (χ3n) is 4.36. The van der Waals surface area contributed by atoms with Crippen molar-refractivity contribution in [2.75, 3.05) is 51.2 Å². The van der Waals surface area contributed by atoms with Gasteiger partial charge in [0.1, 0.15) is 0 Å². The molecular formula is C18H26IN5O2S2. The summed E-state index contributed by atoms with van der Waals surface area (Å²) in [4.78, 5) is 9.19. The van der Waals surface area contributed by atoms with Crippen molar-refractivity contribution >= 4 is 56.3 Å². The lowest BCUT2D eigenvalue weighted by atomic mass is 10.3. The van der Waals surface area contributed by atoms with Gasteiger partial charge in [-0.1, -0.05) is 18.2 Å². The second-order valence-electron chi connectivity index (χ2n) is 6.11. The van der Waals surface area contributed by atoms with Gasteiger partial charge < -0.3 is 15.1 Å². The molecule has 0 aliphatic carbocycles. The molecule has 10 heteroatoms. The molecule has 154 valence electrons. The molecule has 0 amide bonds. The summed E-state index contributed by atoms with van der Waals surface area (Å²) in [7, 11) is -1.72. The number of guanidine groups is 1. The van der Waals surface area contributed by atoms with E-state index in [4.69, 9.17) is 0 Å². The minimum atomic E-state index is -3.47. The van der Waals surface area contributed by atoms with Crippen molar-refractivity contribution in [1.82, 2.24) is 14.9 Å². The van der Waals surface area contributed by atoms with E-state index < -0.39 is 10.0 Å². The van der Waals surface area contributed by atoms with E-state index in [0.717, 1.165) is 32.1 Å². The molecule has 0 spiro atoms. The molecule has 2 aromatic rings. The van der Waals surface area contributed by atoms with Gasteiger partial charge in [-0.2, -0.15) is 0 Å². The number of piperazine rings is 1. The average Bonchev–Trinajstić information content (AvgIpc) is 3.24. The molecule has 1 aliphatic heterocycles. The fourth-order valence-corrected chi connectivity index (χ4v) is 4.80. The predicted octanol–water partition coefficient (Wildman–Crippen LogP) is 2.04. The summed E-state index contributed by atoms with van der Waals surface area (Å²) < 4.78 is 27.0. The zero-order valence-corrected chi connectivity index (χ0v) is 19.7. The standard InChI is InChI=1S/C18H25N5O2S2.HI/c1-19-18(23-13-11-22(12-14-23)17-8-5-15-26-17)20-9-10-21-27(24,25)16-6-3-2-4-7-16;/h2-8,15,21H,9-14H2,1H3,(H,19,20);1H. The van der Waals surface area contributed by atoms with Crippen LogP contribution in [0, 0.1) is 0 Å². The summed E-state index contributed by atoms with van der Waals surface area (Å²) in [6.45, 7) is 4.43. The van der Waals surface area contributed by atoms with E-state index in [1.54, 1.807) is 48.7 Å². The number of rotatable bonds is 6. The summed E-state index contributed by atoms with van der Waals surface area (Å²) >= 11 is 1.76. The van der Waals surface area contributed by atoms with Gasteiger partial charge in [0.05, 0.1) is 9.90 Å². The lowest BCUT2D eigenvalue weighted by Crippen LogP contribution is -2.53. The first kappa shape index (κ1) is 22.9. The maximum atomic E-state index is 12.2. The van der Waals surface area contributed by atoms with Gasteiger partial charge in [0.2, 0.25) is 10.0 Å². The summed E-state index contributed by atoms with van der Waals surface area (Å²) in [6, 6.07) is 12.6. The van der Waals surface area contributed by atoms with Crippen LogP contribution in [0.5, 0.6) is 0 Å². The number of anilines is 1. The Morgan fingerprint density at radius 3 is 2.39 bits per heavy atom. The van der Waals surface area contributed by atoms with E-state index in [2.05, 4.69) is 42.3 Å². The van der Waals surface area contributed by atoms with Gasteiger partial charge in [-0.25, -0.2) is 13.1 Å². The van der Waals surface area contributed by atoms with E-state index in [1.807, 2.05) is 0 Å². The molecule has 2 N–H and O–H groups in total. The van der Waals surface area contributed by atoms with Gasteiger partial charge in [-0.05, 0) is 29.6 Å². The second-order valence-corrected chi connectivity index (χ2v) is 8.80. The van der Waals surface area contributed by atoms with Gasteiger partial charge in [0.25, 0.3) is 0 Å². The number of nitrogens with one attached hydrogen (secondary N) is 2. The molecule has 0 unspecified atom stereocenters. The second kappa shape index (κ2) is 11.0. The fourth-order valence-electron chi connectivity index (χ4n) is 2.96. The summed E-state index contributed by atoms with van der Waals surface area (Å²) in [5.41, 5.74) is 0. The molecule has 0 saturated carbocycles. The number of aliphatic imine (C=N–C) groups is 1. The van der Waals surface area contributed by atoms with Crippen molar-refractivity contribution in [1.29, 1.82) is 0 Å². The molecule has 0 radical (unpaired) electrons. The summed E-state index contributed by atoms with van der Waals surface area (Å²) in [6.07, 6.45) is 0. The van der Waals surface area contributed by atoms with Crippen molar-refractivity contribution < 1.29 is 8.42 Å². The first-order valence-corrected chi connectivity index (χ1v) is 11.3. The van der Waals surface area contributed by atoms with Crippen molar-refractivity contribution in [3.05, 3.63) is 47.8 Å². The van der Waals surface area contributed by atoms with E-state index in [9.17, 15) is 8.42 Å². The quantitative estimate of drug-likeness (QED) is 0.256. The molecule has 1 fully saturated rings. The molecule has 3 rings (SSSR count). The lowest BCUT2D eigenvalue weighted by Gasteiger charge is -2.37. The topological polar surface area (TPSA) is 77.0 Å². The first-order valence-electron chi connectivity index (χ1n) is 8.89. The fraction of sp³-hybridized carbons (Fsp3) is 0.389. The maximum Gasteiger partial charge on any atom is 0.240 e.